The molecule has 26 heavy (non-hydrogen) atoms. The van der Waals surface area contributed by atoms with Gasteiger partial charge in [0.05, 0.1) is 12.2 Å². The highest BCUT2D eigenvalue weighted by atomic mass is 16.3. The summed E-state index contributed by atoms with van der Waals surface area (Å²) in [5.41, 5.74) is 0.979. The number of Topliss-reactive ketones (excluding diaryl/α,β-unsaturated/α-hetero) is 1. The molecule has 0 bridgehead atoms. The number of carbonyl (C=O) groups excluding carboxylic acids is 3. The highest BCUT2D eigenvalue weighted by Crippen LogP contribution is 2.40. The van der Waals surface area contributed by atoms with Crippen molar-refractivity contribution in [3.05, 3.63) is 35.4 Å². The second-order valence-corrected chi connectivity index (χ2v) is 7.43. The van der Waals surface area contributed by atoms with Gasteiger partial charge < -0.3 is 14.9 Å². The summed E-state index contributed by atoms with van der Waals surface area (Å²) in [6.07, 6.45) is 3.05. The summed E-state index contributed by atoms with van der Waals surface area (Å²) < 4.78 is 0. The van der Waals surface area contributed by atoms with Crippen molar-refractivity contribution in [3.63, 3.8) is 0 Å². The summed E-state index contributed by atoms with van der Waals surface area (Å²) >= 11 is 0. The molecular formula is C20H26N2O4. The first-order valence-electron chi connectivity index (χ1n) is 9.24. The van der Waals surface area contributed by atoms with E-state index in [-0.39, 0.29) is 29.6 Å². The van der Waals surface area contributed by atoms with Crippen LogP contribution in [0.15, 0.2) is 24.3 Å². The Bertz CT molecular complexity index is 708. The zero-order valence-corrected chi connectivity index (χ0v) is 15.2. The summed E-state index contributed by atoms with van der Waals surface area (Å²) in [5.74, 6) is -0.0869. The van der Waals surface area contributed by atoms with Crippen LogP contribution in [0.3, 0.4) is 0 Å². The lowest BCUT2D eigenvalue weighted by Crippen LogP contribution is -2.52. The number of nitrogens with zero attached hydrogens (tertiary/aromatic N) is 2. The van der Waals surface area contributed by atoms with E-state index < -0.39 is 0 Å². The van der Waals surface area contributed by atoms with Crippen molar-refractivity contribution in [3.8, 4) is 0 Å². The molecule has 2 fully saturated rings. The van der Waals surface area contributed by atoms with Gasteiger partial charge in [-0.1, -0.05) is 18.2 Å². The number of hydrogen-bond acceptors (Lipinski definition) is 4. The van der Waals surface area contributed by atoms with Crippen molar-refractivity contribution >= 4 is 17.6 Å². The van der Waals surface area contributed by atoms with Gasteiger partial charge in [-0.15, -0.1) is 0 Å². The molecule has 140 valence electrons. The molecule has 6 heteroatoms. The van der Waals surface area contributed by atoms with Gasteiger partial charge in [0.1, 0.15) is 0 Å². The zero-order chi connectivity index (χ0) is 18.7. The van der Waals surface area contributed by atoms with Crippen LogP contribution < -0.4 is 0 Å². The minimum atomic E-state index is -0.104. The fourth-order valence-electron chi connectivity index (χ4n) is 4.17. The molecule has 2 aliphatic rings. The minimum absolute atomic E-state index is 0.0196. The van der Waals surface area contributed by atoms with Crippen LogP contribution in [0.2, 0.25) is 0 Å². The predicted molar refractivity (Wildman–Crippen MR) is 96.9 cm³/mol. The lowest BCUT2D eigenvalue weighted by molar-refractivity contribution is -0.139. The molecule has 1 aromatic rings. The average Bonchev–Trinajstić information content (AvgIpc) is 2.65. The van der Waals surface area contributed by atoms with Crippen LogP contribution in [-0.4, -0.2) is 65.3 Å². The smallest absolute Gasteiger partial charge is 0.254 e. The van der Waals surface area contributed by atoms with Crippen LogP contribution in [0, 0.1) is 5.41 Å². The summed E-state index contributed by atoms with van der Waals surface area (Å²) in [7, 11) is 0. The maximum Gasteiger partial charge on any atom is 0.254 e. The van der Waals surface area contributed by atoms with Gasteiger partial charge in [-0.2, -0.15) is 0 Å². The lowest BCUT2D eigenvalue weighted by atomic mass is 9.72. The quantitative estimate of drug-likeness (QED) is 0.832. The first kappa shape index (κ1) is 18.6. The molecule has 2 amide bonds. The topological polar surface area (TPSA) is 77.9 Å². The van der Waals surface area contributed by atoms with E-state index in [1.807, 2.05) is 4.90 Å². The molecule has 3 rings (SSSR count). The SMILES string of the molecule is CC(=O)c1ccccc1C(=O)N1CCC2(CCC(=O)N(CCO)C2)CC1. The van der Waals surface area contributed by atoms with E-state index in [0.717, 1.165) is 19.3 Å². The van der Waals surface area contributed by atoms with Gasteiger partial charge in [-0.05, 0) is 37.7 Å². The zero-order valence-electron chi connectivity index (χ0n) is 15.2. The van der Waals surface area contributed by atoms with E-state index in [2.05, 4.69) is 0 Å². The summed E-state index contributed by atoms with van der Waals surface area (Å²) in [4.78, 5) is 40.2. The van der Waals surface area contributed by atoms with Crippen molar-refractivity contribution < 1.29 is 19.5 Å². The number of rotatable bonds is 4. The Balaban J connectivity index is 1.68. The van der Waals surface area contributed by atoms with Gasteiger partial charge in [0.15, 0.2) is 5.78 Å². The molecule has 1 N–H and O–H groups in total. The summed E-state index contributed by atoms with van der Waals surface area (Å²) in [6.45, 7) is 3.77. The van der Waals surface area contributed by atoms with Gasteiger partial charge >= 0.3 is 0 Å². The average molecular weight is 358 g/mol. The van der Waals surface area contributed by atoms with E-state index in [1.54, 1.807) is 29.2 Å². The Kier molecular flexibility index (Phi) is 5.41. The van der Waals surface area contributed by atoms with E-state index >= 15 is 0 Å². The number of amides is 2. The standard InChI is InChI=1S/C20H26N2O4/c1-15(24)16-4-2-3-5-17(16)19(26)21-10-8-20(9-11-21)7-6-18(25)22(14-20)12-13-23/h2-5,23H,6-14H2,1H3. The molecule has 0 saturated carbocycles. The fraction of sp³-hybridized carbons (Fsp3) is 0.550. The van der Waals surface area contributed by atoms with E-state index in [9.17, 15) is 14.4 Å². The molecular weight excluding hydrogens is 332 g/mol. The first-order chi connectivity index (χ1) is 12.5. The number of hydrogen-bond donors (Lipinski definition) is 1. The van der Waals surface area contributed by atoms with Crippen LogP contribution in [-0.2, 0) is 4.79 Å². The third kappa shape index (κ3) is 3.65. The number of ketones is 1. The third-order valence-electron chi connectivity index (χ3n) is 5.77. The fourth-order valence-corrected chi connectivity index (χ4v) is 4.17. The molecule has 2 heterocycles. The molecule has 1 spiro atoms. The van der Waals surface area contributed by atoms with Crippen molar-refractivity contribution in [1.29, 1.82) is 0 Å². The second-order valence-electron chi connectivity index (χ2n) is 7.43. The maximum atomic E-state index is 12.9. The highest BCUT2D eigenvalue weighted by Gasteiger charge is 2.41. The number of aliphatic hydroxyl groups excluding tert-OH is 1. The third-order valence-corrected chi connectivity index (χ3v) is 5.77. The Morgan fingerprint density at radius 2 is 1.77 bits per heavy atom. The first-order valence-corrected chi connectivity index (χ1v) is 9.24. The molecule has 0 radical (unpaired) electrons. The van der Waals surface area contributed by atoms with Gasteiger partial charge in [-0.3, -0.25) is 14.4 Å². The van der Waals surface area contributed by atoms with Crippen LogP contribution in [0.4, 0.5) is 0 Å². The van der Waals surface area contributed by atoms with Crippen LogP contribution in [0.1, 0.15) is 53.3 Å². The molecule has 0 aromatic heterocycles. The number of aliphatic hydroxyl groups is 1. The van der Waals surface area contributed by atoms with Gasteiger partial charge in [0.25, 0.3) is 5.91 Å². The maximum absolute atomic E-state index is 12.9. The second kappa shape index (κ2) is 7.58. The Hall–Kier alpha value is -2.21. The number of benzene rings is 1. The normalized spacial score (nSPS) is 19.7. The van der Waals surface area contributed by atoms with E-state index in [1.165, 1.54) is 6.92 Å². The molecule has 6 nitrogen and oxygen atoms in total. The van der Waals surface area contributed by atoms with E-state index in [4.69, 9.17) is 5.11 Å². The molecule has 0 aliphatic carbocycles. The van der Waals surface area contributed by atoms with Crippen LogP contribution in [0.5, 0.6) is 0 Å². The van der Waals surface area contributed by atoms with Crippen molar-refractivity contribution in [2.24, 2.45) is 5.41 Å². The Morgan fingerprint density at radius 1 is 1.12 bits per heavy atom. The van der Waals surface area contributed by atoms with Gasteiger partial charge in [0.2, 0.25) is 5.91 Å². The summed E-state index contributed by atoms with van der Waals surface area (Å²) in [6, 6.07) is 6.96. The van der Waals surface area contributed by atoms with Crippen LogP contribution in [0.25, 0.3) is 0 Å². The lowest BCUT2D eigenvalue weighted by Gasteiger charge is -2.47. The van der Waals surface area contributed by atoms with Gasteiger partial charge in [-0.25, -0.2) is 0 Å². The van der Waals surface area contributed by atoms with Crippen molar-refractivity contribution in [1.82, 2.24) is 9.80 Å². The van der Waals surface area contributed by atoms with Crippen LogP contribution >= 0.6 is 0 Å². The molecule has 2 saturated heterocycles. The van der Waals surface area contributed by atoms with Crippen molar-refractivity contribution in [2.75, 3.05) is 32.8 Å². The number of carbonyl (C=O) groups is 3. The number of likely N-dealkylation sites (tertiary alicyclic amines) is 2. The molecule has 0 atom stereocenters. The number of β-amino-alcohol motifs (C(OH)–C–C–N with tert-alkyl or cyclic N) is 1. The van der Waals surface area contributed by atoms with Crippen molar-refractivity contribution in [2.45, 2.75) is 32.6 Å². The summed E-state index contributed by atoms with van der Waals surface area (Å²) in [5, 5.41) is 9.16. The van der Waals surface area contributed by atoms with Gasteiger partial charge in [0, 0.05) is 38.2 Å². The highest BCUT2D eigenvalue weighted by molar-refractivity contribution is 6.07. The van der Waals surface area contributed by atoms with E-state index in [0.29, 0.717) is 43.7 Å². The molecule has 0 unspecified atom stereocenters. The molecule has 1 aromatic carbocycles. The predicted octanol–water partition coefficient (Wildman–Crippen LogP) is 1.73. The Labute approximate surface area is 153 Å². The Morgan fingerprint density at radius 3 is 2.38 bits per heavy atom. The largest absolute Gasteiger partial charge is 0.395 e. The minimum Gasteiger partial charge on any atom is -0.395 e. The number of piperidine rings is 2. The molecule has 2 aliphatic heterocycles. The monoisotopic (exact) mass is 358 g/mol.